The average molecular weight is 181 g/mol. The summed E-state index contributed by atoms with van der Waals surface area (Å²) >= 11 is 0. The summed E-state index contributed by atoms with van der Waals surface area (Å²) in [6.45, 7) is 2.24. The minimum atomic E-state index is -0.764. The molecule has 0 saturated carbocycles. The summed E-state index contributed by atoms with van der Waals surface area (Å²) in [6.07, 6.45) is 0.634. The molecule has 2 heteroatoms. The Labute approximate surface area is 78.8 Å². The summed E-state index contributed by atoms with van der Waals surface area (Å²) in [6, 6.07) is 7.98. The quantitative estimate of drug-likeness (QED) is 0.756. The Bertz CT molecular complexity index is 241. The summed E-state index contributed by atoms with van der Waals surface area (Å²) in [4.78, 5) is 0. The first-order chi connectivity index (χ1) is 6.22. The van der Waals surface area contributed by atoms with Gasteiger partial charge in [-0.1, -0.05) is 24.3 Å². The van der Waals surface area contributed by atoms with Gasteiger partial charge in [-0.2, -0.15) is 0 Å². The Morgan fingerprint density at radius 2 is 1.77 bits per heavy atom. The highest BCUT2D eigenvalue weighted by Gasteiger charge is 2.00. The Morgan fingerprint density at radius 3 is 2.23 bits per heavy atom. The fourth-order valence-electron chi connectivity index (χ4n) is 1.33. The van der Waals surface area contributed by atoms with Gasteiger partial charge in [0, 0.05) is 6.42 Å². The van der Waals surface area contributed by atoms with Crippen LogP contribution in [0.3, 0.4) is 0 Å². The number of alkyl halides is 1. The molecule has 1 aromatic carbocycles. The highest BCUT2D eigenvalue weighted by molar-refractivity contribution is 5.23. The second-order valence-electron chi connectivity index (χ2n) is 3.34. The molecular weight excluding hydrogens is 165 g/mol. The first-order valence-corrected chi connectivity index (χ1v) is 4.64. The predicted molar refractivity (Wildman–Crippen MR) is 53.5 cm³/mol. The zero-order chi connectivity index (χ0) is 9.68. The van der Waals surface area contributed by atoms with E-state index in [9.17, 15) is 4.39 Å². The van der Waals surface area contributed by atoms with Crippen LogP contribution in [0.25, 0.3) is 0 Å². The van der Waals surface area contributed by atoms with E-state index in [-0.39, 0.29) is 0 Å². The summed E-state index contributed by atoms with van der Waals surface area (Å²) in [5, 5.41) is 0. The van der Waals surface area contributed by atoms with Crippen LogP contribution in [0.15, 0.2) is 24.3 Å². The van der Waals surface area contributed by atoms with Crippen LogP contribution in [0.5, 0.6) is 0 Å². The molecule has 1 aromatic rings. The Morgan fingerprint density at radius 1 is 1.23 bits per heavy atom. The number of nitrogens with two attached hydrogens (primary N) is 1. The number of rotatable bonds is 4. The Hall–Kier alpha value is -0.890. The van der Waals surface area contributed by atoms with Crippen molar-refractivity contribution in [1.29, 1.82) is 0 Å². The summed E-state index contributed by atoms with van der Waals surface area (Å²) in [5.74, 6) is 0. The largest absolute Gasteiger partial charge is 0.330 e. The van der Waals surface area contributed by atoms with E-state index >= 15 is 0 Å². The molecule has 0 heterocycles. The average Bonchev–Trinajstić information content (AvgIpc) is 2.08. The molecule has 2 N–H and O–H groups in total. The fourth-order valence-corrected chi connectivity index (χ4v) is 1.33. The first kappa shape index (κ1) is 10.2. The molecule has 13 heavy (non-hydrogen) atoms. The lowest BCUT2D eigenvalue weighted by Gasteiger charge is -2.03. The molecule has 0 spiro atoms. The molecular formula is C11H16FN. The van der Waals surface area contributed by atoms with Gasteiger partial charge >= 0.3 is 0 Å². The van der Waals surface area contributed by atoms with Crippen molar-refractivity contribution in [2.24, 2.45) is 5.73 Å². The standard InChI is InChI=1S/C11H16FN/c1-9(12)8-11-4-2-10(3-5-11)6-7-13/h2-5,9H,6-8,13H2,1H3. The maximum atomic E-state index is 12.6. The molecule has 0 aliphatic heterocycles. The van der Waals surface area contributed by atoms with E-state index in [1.807, 2.05) is 24.3 Å². The molecule has 0 bridgehead atoms. The van der Waals surface area contributed by atoms with E-state index in [0.717, 1.165) is 12.0 Å². The molecule has 1 atom stereocenters. The maximum absolute atomic E-state index is 12.6. The van der Waals surface area contributed by atoms with E-state index < -0.39 is 6.17 Å². The van der Waals surface area contributed by atoms with Gasteiger partial charge in [-0.25, -0.2) is 4.39 Å². The number of halogens is 1. The molecule has 0 aliphatic rings. The van der Waals surface area contributed by atoms with Crippen molar-refractivity contribution in [3.63, 3.8) is 0 Å². The van der Waals surface area contributed by atoms with Gasteiger partial charge in [0.1, 0.15) is 6.17 Å². The molecule has 0 aliphatic carbocycles. The molecule has 0 amide bonds. The van der Waals surface area contributed by atoms with E-state index in [2.05, 4.69) is 0 Å². The van der Waals surface area contributed by atoms with E-state index in [1.54, 1.807) is 6.92 Å². The van der Waals surface area contributed by atoms with Crippen LogP contribution in [-0.2, 0) is 12.8 Å². The lowest BCUT2D eigenvalue weighted by atomic mass is 10.1. The highest BCUT2D eigenvalue weighted by atomic mass is 19.1. The van der Waals surface area contributed by atoms with Crippen LogP contribution in [-0.4, -0.2) is 12.7 Å². The van der Waals surface area contributed by atoms with Gasteiger partial charge in [0.25, 0.3) is 0 Å². The zero-order valence-electron chi connectivity index (χ0n) is 7.96. The maximum Gasteiger partial charge on any atom is 0.101 e. The van der Waals surface area contributed by atoms with Crippen molar-refractivity contribution in [3.8, 4) is 0 Å². The molecule has 1 unspecified atom stereocenters. The first-order valence-electron chi connectivity index (χ1n) is 4.64. The monoisotopic (exact) mass is 181 g/mol. The van der Waals surface area contributed by atoms with Crippen molar-refractivity contribution < 1.29 is 4.39 Å². The smallest absolute Gasteiger partial charge is 0.101 e. The molecule has 1 nitrogen and oxygen atoms in total. The molecule has 0 radical (unpaired) electrons. The minimum absolute atomic E-state index is 0.503. The number of hydrogen-bond donors (Lipinski definition) is 1. The Balaban J connectivity index is 2.59. The van der Waals surface area contributed by atoms with Crippen molar-refractivity contribution in [1.82, 2.24) is 0 Å². The van der Waals surface area contributed by atoms with Gasteiger partial charge in [-0.15, -0.1) is 0 Å². The van der Waals surface area contributed by atoms with Crippen LogP contribution in [0.2, 0.25) is 0 Å². The van der Waals surface area contributed by atoms with Gasteiger partial charge in [0.2, 0.25) is 0 Å². The third-order valence-corrected chi connectivity index (χ3v) is 1.97. The molecule has 1 rings (SSSR count). The summed E-state index contributed by atoms with van der Waals surface area (Å²) in [7, 11) is 0. The van der Waals surface area contributed by atoms with Crippen molar-refractivity contribution in [3.05, 3.63) is 35.4 Å². The second kappa shape index (κ2) is 4.97. The third-order valence-electron chi connectivity index (χ3n) is 1.97. The minimum Gasteiger partial charge on any atom is -0.330 e. The van der Waals surface area contributed by atoms with Gasteiger partial charge in [0.05, 0.1) is 0 Å². The van der Waals surface area contributed by atoms with Gasteiger partial charge in [-0.3, -0.25) is 0 Å². The van der Waals surface area contributed by atoms with Crippen LogP contribution < -0.4 is 5.73 Å². The SMILES string of the molecule is CC(F)Cc1ccc(CCN)cc1. The highest BCUT2D eigenvalue weighted by Crippen LogP contribution is 2.08. The van der Waals surface area contributed by atoms with Crippen LogP contribution in [0.4, 0.5) is 4.39 Å². The lowest BCUT2D eigenvalue weighted by Crippen LogP contribution is -2.03. The van der Waals surface area contributed by atoms with Gasteiger partial charge < -0.3 is 5.73 Å². The topological polar surface area (TPSA) is 26.0 Å². The summed E-state index contributed by atoms with van der Waals surface area (Å²) in [5.41, 5.74) is 7.69. The molecule has 0 aromatic heterocycles. The Kier molecular flexibility index (Phi) is 3.90. The van der Waals surface area contributed by atoms with Crippen molar-refractivity contribution in [2.45, 2.75) is 25.9 Å². The number of hydrogen-bond acceptors (Lipinski definition) is 1. The third kappa shape index (κ3) is 3.55. The normalized spacial score (nSPS) is 12.8. The second-order valence-corrected chi connectivity index (χ2v) is 3.34. The van der Waals surface area contributed by atoms with E-state index in [4.69, 9.17) is 5.73 Å². The van der Waals surface area contributed by atoms with Crippen LogP contribution >= 0.6 is 0 Å². The molecule has 72 valence electrons. The van der Waals surface area contributed by atoms with Crippen molar-refractivity contribution in [2.75, 3.05) is 6.54 Å². The fraction of sp³-hybridized carbons (Fsp3) is 0.455. The van der Waals surface area contributed by atoms with Crippen molar-refractivity contribution >= 4 is 0 Å². The van der Waals surface area contributed by atoms with E-state index in [1.165, 1.54) is 5.56 Å². The predicted octanol–water partition coefficient (Wildman–Crippen LogP) is 2.09. The molecule has 0 fully saturated rings. The zero-order valence-corrected chi connectivity index (χ0v) is 7.96. The van der Waals surface area contributed by atoms with Crippen LogP contribution in [0, 0.1) is 0 Å². The summed E-state index contributed by atoms with van der Waals surface area (Å²) < 4.78 is 12.6. The van der Waals surface area contributed by atoms with Gasteiger partial charge in [0.15, 0.2) is 0 Å². The van der Waals surface area contributed by atoms with Gasteiger partial charge in [-0.05, 0) is 31.0 Å². The number of benzene rings is 1. The van der Waals surface area contributed by atoms with E-state index in [0.29, 0.717) is 13.0 Å². The van der Waals surface area contributed by atoms with Crippen LogP contribution in [0.1, 0.15) is 18.1 Å². The lowest BCUT2D eigenvalue weighted by molar-refractivity contribution is 0.360. The molecule has 0 saturated heterocycles.